The zero-order valence-corrected chi connectivity index (χ0v) is 8.61. The Hall–Kier alpha value is -0.870. The van der Waals surface area contributed by atoms with E-state index in [9.17, 15) is 0 Å². The van der Waals surface area contributed by atoms with Crippen LogP contribution in [0.5, 0.6) is 0 Å². The molecule has 0 radical (unpaired) electrons. The highest BCUT2D eigenvalue weighted by Gasteiger charge is 2.22. The molecule has 0 saturated carbocycles. The predicted molar refractivity (Wildman–Crippen MR) is 56.4 cm³/mol. The van der Waals surface area contributed by atoms with Gasteiger partial charge in [-0.05, 0) is 18.9 Å². The predicted octanol–water partition coefficient (Wildman–Crippen LogP) is 0.915. The summed E-state index contributed by atoms with van der Waals surface area (Å²) in [5, 5.41) is 0.573. The molecule has 1 aromatic rings. The highest BCUT2D eigenvalue weighted by molar-refractivity contribution is 6.30. The van der Waals surface area contributed by atoms with Gasteiger partial charge in [-0.25, -0.2) is 9.97 Å². The van der Waals surface area contributed by atoms with E-state index in [1.54, 1.807) is 12.4 Å². The summed E-state index contributed by atoms with van der Waals surface area (Å²) in [5.74, 6) is 1.33. The van der Waals surface area contributed by atoms with Crippen molar-refractivity contribution in [1.29, 1.82) is 0 Å². The van der Waals surface area contributed by atoms with Crippen LogP contribution in [0.4, 0.5) is 5.95 Å². The number of anilines is 1. The Morgan fingerprint density at radius 3 is 2.79 bits per heavy atom. The van der Waals surface area contributed by atoms with Gasteiger partial charge in [0.15, 0.2) is 0 Å². The highest BCUT2D eigenvalue weighted by Crippen LogP contribution is 2.19. The van der Waals surface area contributed by atoms with E-state index in [2.05, 4.69) is 14.9 Å². The Balaban J connectivity index is 2.06. The highest BCUT2D eigenvalue weighted by atomic mass is 35.5. The molecule has 2 heterocycles. The smallest absolute Gasteiger partial charge is 0.225 e. The molecule has 2 N–H and O–H groups in total. The fourth-order valence-corrected chi connectivity index (χ4v) is 1.77. The van der Waals surface area contributed by atoms with Crippen LogP contribution in [0.2, 0.25) is 5.02 Å². The summed E-state index contributed by atoms with van der Waals surface area (Å²) in [5.41, 5.74) is 5.61. The topological polar surface area (TPSA) is 55.0 Å². The molecule has 1 saturated heterocycles. The molecule has 14 heavy (non-hydrogen) atoms. The summed E-state index contributed by atoms with van der Waals surface area (Å²) < 4.78 is 0. The van der Waals surface area contributed by atoms with Crippen LogP contribution < -0.4 is 10.6 Å². The van der Waals surface area contributed by atoms with Crippen molar-refractivity contribution in [2.24, 2.45) is 11.7 Å². The lowest BCUT2D eigenvalue weighted by Gasteiger charge is -2.15. The molecule has 0 aliphatic carbocycles. The van der Waals surface area contributed by atoms with Crippen molar-refractivity contribution in [3.8, 4) is 0 Å². The number of hydrogen-bond donors (Lipinski definition) is 1. The average Bonchev–Trinajstić information content (AvgIpc) is 2.67. The van der Waals surface area contributed by atoms with E-state index in [1.165, 1.54) is 0 Å². The minimum Gasteiger partial charge on any atom is -0.340 e. The first-order valence-electron chi connectivity index (χ1n) is 4.72. The summed E-state index contributed by atoms with van der Waals surface area (Å²) in [7, 11) is 0. The summed E-state index contributed by atoms with van der Waals surface area (Å²) >= 11 is 5.71. The molecule has 0 bridgehead atoms. The van der Waals surface area contributed by atoms with Crippen molar-refractivity contribution in [1.82, 2.24) is 9.97 Å². The summed E-state index contributed by atoms with van der Waals surface area (Å²) in [6, 6.07) is 0. The Morgan fingerprint density at radius 1 is 1.50 bits per heavy atom. The molecule has 1 unspecified atom stereocenters. The lowest BCUT2D eigenvalue weighted by Crippen LogP contribution is -2.24. The Kier molecular flexibility index (Phi) is 2.84. The van der Waals surface area contributed by atoms with Gasteiger partial charge in [-0.2, -0.15) is 0 Å². The molecule has 1 atom stereocenters. The minimum absolute atomic E-state index is 0.573. The van der Waals surface area contributed by atoms with Crippen molar-refractivity contribution in [2.45, 2.75) is 6.42 Å². The average molecular weight is 213 g/mol. The molecule has 5 heteroatoms. The second kappa shape index (κ2) is 4.11. The van der Waals surface area contributed by atoms with Crippen molar-refractivity contribution >= 4 is 17.5 Å². The molecule has 0 aromatic carbocycles. The number of hydrogen-bond acceptors (Lipinski definition) is 4. The van der Waals surface area contributed by atoms with Gasteiger partial charge in [-0.3, -0.25) is 0 Å². The third-order valence-corrected chi connectivity index (χ3v) is 2.70. The molecule has 0 spiro atoms. The maximum Gasteiger partial charge on any atom is 0.225 e. The fraction of sp³-hybridized carbons (Fsp3) is 0.556. The largest absolute Gasteiger partial charge is 0.340 e. The molecule has 1 aromatic heterocycles. The first-order valence-corrected chi connectivity index (χ1v) is 5.10. The second-order valence-electron chi connectivity index (χ2n) is 3.54. The van der Waals surface area contributed by atoms with Gasteiger partial charge in [0.05, 0.1) is 17.4 Å². The summed E-state index contributed by atoms with van der Waals surface area (Å²) in [6.07, 6.45) is 4.38. The van der Waals surface area contributed by atoms with Crippen molar-refractivity contribution in [2.75, 3.05) is 24.5 Å². The van der Waals surface area contributed by atoms with Crippen LogP contribution in [0.3, 0.4) is 0 Å². The van der Waals surface area contributed by atoms with E-state index in [0.717, 1.165) is 32.0 Å². The van der Waals surface area contributed by atoms with Gasteiger partial charge >= 0.3 is 0 Å². The first-order chi connectivity index (χ1) is 6.79. The van der Waals surface area contributed by atoms with E-state index < -0.39 is 0 Å². The molecular formula is C9H13ClN4. The SMILES string of the molecule is NCC1CCN(c2ncc(Cl)cn2)C1. The van der Waals surface area contributed by atoms with E-state index in [0.29, 0.717) is 10.9 Å². The van der Waals surface area contributed by atoms with Gasteiger partial charge < -0.3 is 10.6 Å². The quantitative estimate of drug-likeness (QED) is 0.792. The Labute approximate surface area is 88.1 Å². The van der Waals surface area contributed by atoms with Crippen LogP contribution in [-0.2, 0) is 0 Å². The molecule has 1 fully saturated rings. The van der Waals surface area contributed by atoms with Crippen LogP contribution >= 0.6 is 11.6 Å². The van der Waals surface area contributed by atoms with Crippen LogP contribution in [0.1, 0.15) is 6.42 Å². The van der Waals surface area contributed by atoms with Gasteiger partial charge in [0.1, 0.15) is 0 Å². The molecular weight excluding hydrogens is 200 g/mol. The molecule has 1 aliphatic heterocycles. The molecule has 1 aliphatic rings. The third-order valence-electron chi connectivity index (χ3n) is 2.51. The Morgan fingerprint density at radius 2 is 2.21 bits per heavy atom. The van der Waals surface area contributed by atoms with Crippen LogP contribution in [0, 0.1) is 5.92 Å². The molecule has 76 valence electrons. The van der Waals surface area contributed by atoms with Crippen molar-refractivity contribution in [3.05, 3.63) is 17.4 Å². The van der Waals surface area contributed by atoms with E-state index in [1.807, 2.05) is 0 Å². The van der Waals surface area contributed by atoms with Crippen LogP contribution in [0.15, 0.2) is 12.4 Å². The molecule has 0 amide bonds. The number of aromatic nitrogens is 2. The number of halogens is 1. The Bertz CT molecular complexity index is 300. The lowest BCUT2D eigenvalue weighted by molar-refractivity contribution is 0.602. The monoisotopic (exact) mass is 212 g/mol. The van der Waals surface area contributed by atoms with Gasteiger partial charge in [-0.15, -0.1) is 0 Å². The van der Waals surface area contributed by atoms with Gasteiger partial charge in [0, 0.05) is 13.1 Å². The van der Waals surface area contributed by atoms with Crippen LogP contribution in [-0.4, -0.2) is 29.6 Å². The minimum atomic E-state index is 0.573. The van der Waals surface area contributed by atoms with Crippen molar-refractivity contribution < 1.29 is 0 Å². The number of rotatable bonds is 2. The third kappa shape index (κ3) is 1.96. The maximum absolute atomic E-state index is 5.71. The fourth-order valence-electron chi connectivity index (χ4n) is 1.68. The molecule has 2 rings (SSSR count). The van der Waals surface area contributed by atoms with Gasteiger partial charge in [-0.1, -0.05) is 11.6 Å². The van der Waals surface area contributed by atoms with E-state index in [4.69, 9.17) is 17.3 Å². The van der Waals surface area contributed by atoms with E-state index >= 15 is 0 Å². The summed E-state index contributed by atoms with van der Waals surface area (Å²) in [6.45, 7) is 2.69. The zero-order valence-electron chi connectivity index (χ0n) is 7.86. The number of nitrogens with two attached hydrogens (primary N) is 1. The second-order valence-corrected chi connectivity index (χ2v) is 3.97. The standard InChI is InChI=1S/C9H13ClN4/c10-8-4-12-9(13-5-8)14-2-1-7(3-11)6-14/h4-5,7H,1-3,6,11H2. The first kappa shape index (κ1) is 9.68. The zero-order chi connectivity index (χ0) is 9.97. The van der Waals surface area contributed by atoms with Gasteiger partial charge in [0.25, 0.3) is 0 Å². The van der Waals surface area contributed by atoms with Crippen LogP contribution in [0.25, 0.3) is 0 Å². The van der Waals surface area contributed by atoms with Gasteiger partial charge in [0.2, 0.25) is 5.95 Å². The normalized spacial score (nSPS) is 21.6. The lowest BCUT2D eigenvalue weighted by atomic mass is 10.1. The maximum atomic E-state index is 5.71. The van der Waals surface area contributed by atoms with Crippen molar-refractivity contribution in [3.63, 3.8) is 0 Å². The number of nitrogens with zero attached hydrogens (tertiary/aromatic N) is 3. The summed E-state index contributed by atoms with van der Waals surface area (Å²) in [4.78, 5) is 10.5. The van der Waals surface area contributed by atoms with E-state index in [-0.39, 0.29) is 0 Å². The molecule has 4 nitrogen and oxygen atoms in total.